The fourth-order valence-electron chi connectivity index (χ4n) is 4.29. The summed E-state index contributed by atoms with van der Waals surface area (Å²) in [5, 5.41) is 33.7. The molecule has 0 bridgehead atoms. The van der Waals surface area contributed by atoms with Crippen molar-refractivity contribution in [2.75, 3.05) is 17.3 Å². The Balaban J connectivity index is 1.61. The maximum Gasteiger partial charge on any atom is 0.128 e. The van der Waals surface area contributed by atoms with Crippen molar-refractivity contribution in [2.24, 2.45) is 0 Å². The van der Waals surface area contributed by atoms with Crippen molar-refractivity contribution in [1.29, 1.82) is 0 Å². The van der Waals surface area contributed by atoms with E-state index in [4.69, 9.17) is 4.98 Å². The van der Waals surface area contributed by atoms with Gasteiger partial charge in [-0.2, -0.15) is 0 Å². The van der Waals surface area contributed by atoms with Gasteiger partial charge in [0.25, 0.3) is 0 Å². The summed E-state index contributed by atoms with van der Waals surface area (Å²) in [6.45, 7) is 2.00. The molecule has 2 heterocycles. The smallest absolute Gasteiger partial charge is 0.128 e. The molecule has 0 aliphatic carbocycles. The molecule has 0 saturated heterocycles. The van der Waals surface area contributed by atoms with Gasteiger partial charge in [0.05, 0.1) is 42.0 Å². The number of phenols is 2. The van der Waals surface area contributed by atoms with Crippen LogP contribution in [0.15, 0.2) is 79.0 Å². The van der Waals surface area contributed by atoms with Gasteiger partial charge in [0.15, 0.2) is 0 Å². The first-order chi connectivity index (χ1) is 16.5. The first-order valence-electron chi connectivity index (χ1n) is 11.1. The van der Waals surface area contributed by atoms with Gasteiger partial charge < -0.3 is 26.1 Å². The minimum absolute atomic E-state index is 0.0155. The van der Waals surface area contributed by atoms with Crippen LogP contribution in [0.25, 0.3) is 22.4 Å². The van der Waals surface area contributed by atoms with Crippen LogP contribution in [0.1, 0.15) is 30.1 Å². The quantitative estimate of drug-likeness (QED) is 0.244. The lowest BCUT2D eigenvalue weighted by molar-refractivity contribution is 0.276. The van der Waals surface area contributed by atoms with E-state index in [-0.39, 0.29) is 30.2 Å². The van der Waals surface area contributed by atoms with Crippen LogP contribution in [0.5, 0.6) is 11.5 Å². The van der Waals surface area contributed by atoms with Crippen LogP contribution in [0.2, 0.25) is 0 Å². The summed E-state index contributed by atoms with van der Waals surface area (Å²) in [6.07, 6.45) is 1.69. The number of aliphatic hydroxyl groups excluding tert-OH is 1. The van der Waals surface area contributed by atoms with Crippen molar-refractivity contribution in [3.63, 3.8) is 0 Å². The number of nitrogens with one attached hydrogen (secondary N) is 3. The van der Waals surface area contributed by atoms with Gasteiger partial charge in [-0.3, -0.25) is 4.98 Å². The molecule has 1 aromatic heterocycles. The Bertz CT molecular complexity index is 1330. The molecule has 3 aromatic carbocycles. The molecule has 7 nitrogen and oxygen atoms in total. The van der Waals surface area contributed by atoms with Crippen molar-refractivity contribution in [3.8, 4) is 33.9 Å². The summed E-state index contributed by atoms with van der Waals surface area (Å²) < 4.78 is 0. The molecule has 5 rings (SSSR count). The molecule has 2 atom stereocenters. The summed E-state index contributed by atoms with van der Waals surface area (Å²) in [4.78, 5) is 4.69. The van der Waals surface area contributed by atoms with E-state index in [1.165, 1.54) is 12.1 Å². The standard InChI is InChI=1S/C27H26N4O3/c1-16-22-11-18(7-10-24(22)31-30-16)23-12-19(29-25(15-32)17-5-3-2-4-6-17)14-28-27(23)21-9-8-20(33)13-26(21)34/h2-14,16,25,29-34H,15H2,1H3. The lowest BCUT2D eigenvalue weighted by Gasteiger charge is -2.20. The van der Waals surface area contributed by atoms with Crippen molar-refractivity contribution in [1.82, 2.24) is 10.4 Å². The Morgan fingerprint density at radius 3 is 2.56 bits per heavy atom. The molecule has 34 heavy (non-hydrogen) atoms. The second-order valence-corrected chi connectivity index (χ2v) is 8.40. The zero-order chi connectivity index (χ0) is 23.7. The number of hydrazine groups is 1. The van der Waals surface area contributed by atoms with Crippen LogP contribution in [-0.2, 0) is 0 Å². The maximum atomic E-state index is 10.5. The zero-order valence-corrected chi connectivity index (χ0v) is 18.7. The Morgan fingerprint density at radius 2 is 1.79 bits per heavy atom. The predicted octanol–water partition coefficient (Wildman–Crippen LogP) is 4.96. The third kappa shape index (κ3) is 4.14. The van der Waals surface area contributed by atoms with E-state index in [0.29, 0.717) is 11.3 Å². The largest absolute Gasteiger partial charge is 0.508 e. The van der Waals surface area contributed by atoms with E-state index >= 15 is 0 Å². The molecule has 0 amide bonds. The van der Waals surface area contributed by atoms with Gasteiger partial charge in [0.1, 0.15) is 11.5 Å². The number of aromatic hydroxyl groups is 2. The van der Waals surface area contributed by atoms with E-state index in [1.807, 2.05) is 48.5 Å². The minimum Gasteiger partial charge on any atom is -0.508 e. The van der Waals surface area contributed by atoms with Crippen LogP contribution >= 0.6 is 0 Å². The van der Waals surface area contributed by atoms with Crippen LogP contribution in [-0.4, -0.2) is 26.9 Å². The first kappa shape index (κ1) is 21.8. The highest BCUT2D eigenvalue weighted by Gasteiger charge is 2.21. The third-order valence-electron chi connectivity index (χ3n) is 6.10. The zero-order valence-electron chi connectivity index (χ0n) is 18.7. The average molecular weight is 455 g/mol. The van der Waals surface area contributed by atoms with Gasteiger partial charge in [-0.25, -0.2) is 5.43 Å². The number of fused-ring (bicyclic) bond motifs is 1. The molecular weight excluding hydrogens is 428 g/mol. The molecule has 7 heteroatoms. The normalized spacial score (nSPS) is 15.4. The van der Waals surface area contributed by atoms with Crippen LogP contribution in [0.3, 0.4) is 0 Å². The number of rotatable bonds is 6. The SMILES string of the molecule is CC1NNc2ccc(-c3cc(NC(CO)c4ccccc4)cnc3-c3ccc(O)cc3O)cc21. The number of anilines is 2. The molecule has 0 spiro atoms. The van der Waals surface area contributed by atoms with Gasteiger partial charge in [-0.05, 0) is 53.9 Å². The number of pyridine rings is 1. The molecule has 6 N–H and O–H groups in total. The maximum absolute atomic E-state index is 10.5. The lowest BCUT2D eigenvalue weighted by Crippen LogP contribution is -2.15. The number of nitrogens with zero attached hydrogens (tertiary/aromatic N) is 1. The number of phenolic OH excluding ortho intramolecular Hbond substituents is 2. The predicted molar refractivity (Wildman–Crippen MR) is 134 cm³/mol. The monoisotopic (exact) mass is 454 g/mol. The van der Waals surface area contributed by atoms with Crippen molar-refractivity contribution < 1.29 is 15.3 Å². The van der Waals surface area contributed by atoms with Crippen molar-refractivity contribution >= 4 is 11.4 Å². The van der Waals surface area contributed by atoms with Crippen molar-refractivity contribution in [3.05, 3.63) is 90.1 Å². The second kappa shape index (κ2) is 9.05. The Labute approximate surface area is 197 Å². The second-order valence-electron chi connectivity index (χ2n) is 8.40. The summed E-state index contributed by atoms with van der Waals surface area (Å²) in [5.41, 5.74) is 13.1. The molecule has 1 aliphatic rings. The van der Waals surface area contributed by atoms with Gasteiger partial charge in [0.2, 0.25) is 0 Å². The fourth-order valence-corrected chi connectivity index (χ4v) is 4.29. The summed E-state index contributed by atoms with van der Waals surface area (Å²) in [7, 11) is 0. The minimum atomic E-state index is -0.294. The highest BCUT2D eigenvalue weighted by molar-refractivity contribution is 5.86. The Morgan fingerprint density at radius 1 is 0.971 bits per heavy atom. The lowest BCUT2D eigenvalue weighted by atomic mass is 9.95. The summed E-state index contributed by atoms with van der Waals surface area (Å²) in [6, 6.07) is 22.2. The van der Waals surface area contributed by atoms with Gasteiger partial charge in [-0.15, -0.1) is 0 Å². The molecule has 0 saturated carbocycles. The number of hydrogen-bond donors (Lipinski definition) is 6. The van der Waals surface area contributed by atoms with E-state index in [1.54, 1.807) is 12.3 Å². The molecule has 4 aromatic rings. The van der Waals surface area contributed by atoms with Gasteiger partial charge in [-0.1, -0.05) is 36.4 Å². The summed E-state index contributed by atoms with van der Waals surface area (Å²) >= 11 is 0. The number of hydrogen-bond acceptors (Lipinski definition) is 7. The molecule has 0 fully saturated rings. The topological polar surface area (TPSA) is 110 Å². The van der Waals surface area contributed by atoms with E-state index in [9.17, 15) is 15.3 Å². The average Bonchev–Trinajstić information content (AvgIpc) is 3.23. The number of aliphatic hydroxyl groups is 1. The van der Waals surface area contributed by atoms with Crippen LogP contribution in [0.4, 0.5) is 11.4 Å². The Kier molecular flexibility index (Phi) is 5.79. The van der Waals surface area contributed by atoms with Gasteiger partial charge in [0, 0.05) is 17.2 Å². The van der Waals surface area contributed by atoms with E-state index in [2.05, 4.69) is 29.2 Å². The van der Waals surface area contributed by atoms with E-state index in [0.717, 1.165) is 33.6 Å². The number of benzene rings is 3. The number of aromatic nitrogens is 1. The van der Waals surface area contributed by atoms with Gasteiger partial charge >= 0.3 is 0 Å². The highest BCUT2D eigenvalue weighted by Crippen LogP contribution is 2.40. The highest BCUT2D eigenvalue weighted by atomic mass is 16.3. The molecule has 0 radical (unpaired) electrons. The molecular formula is C27H26N4O3. The summed E-state index contributed by atoms with van der Waals surface area (Å²) in [5.74, 6) is -0.0666. The Hall–Kier alpha value is -4.07. The van der Waals surface area contributed by atoms with Crippen LogP contribution in [0, 0.1) is 0 Å². The third-order valence-corrected chi connectivity index (χ3v) is 6.10. The molecule has 172 valence electrons. The first-order valence-corrected chi connectivity index (χ1v) is 11.1. The fraction of sp³-hybridized carbons (Fsp3) is 0.148. The van der Waals surface area contributed by atoms with Crippen LogP contribution < -0.4 is 16.2 Å². The molecule has 1 aliphatic heterocycles. The van der Waals surface area contributed by atoms with E-state index < -0.39 is 0 Å². The molecule has 2 unspecified atom stereocenters. The van der Waals surface area contributed by atoms with Crippen molar-refractivity contribution in [2.45, 2.75) is 19.0 Å².